The van der Waals surface area contributed by atoms with Crippen LogP contribution in [0.1, 0.15) is 24.5 Å². The topological polar surface area (TPSA) is 55.7 Å². The van der Waals surface area contributed by atoms with Crippen LogP contribution in [0.3, 0.4) is 0 Å². The van der Waals surface area contributed by atoms with E-state index in [4.69, 9.17) is 4.74 Å². The highest BCUT2D eigenvalue weighted by Crippen LogP contribution is 2.28. The fourth-order valence-corrected chi connectivity index (χ4v) is 2.62. The van der Waals surface area contributed by atoms with Crippen molar-refractivity contribution in [1.29, 1.82) is 0 Å². The first-order chi connectivity index (χ1) is 11.7. The molecule has 2 aromatic carbocycles. The average Bonchev–Trinajstić information content (AvgIpc) is 2.62. The van der Waals surface area contributed by atoms with Gasteiger partial charge in [0.25, 0.3) is 0 Å². The standard InChI is InChI=1S/C20H17NO3/c1-2-24-20(23)18-17(22)13-16(14-9-5-3-6-10-14)21-19(18)15-11-7-4-8-12-15/h3-12H,2,13H2,1H3. The number of hydrogen-bond donors (Lipinski definition) is 0. The van der Waals surface area contributed by atoms with Crippen molar-refractivity contribution in [3.63, 3.8) is 0 Å². The minimum absolute atomic E-state index is 0.0303. The highest BCUT2D eigenvalue weighted by Gasteiger charge is 2.30. The second-order valence-corrected chi connectivity index (χ2v) is 5.33. The van der Waals surface area contributed by atoms with Crippen molar-refractivity contribution >= 4 is 23.2 Å². The third-order valence-corrected chi connectivity index (χ3v) is 3.72. The Labute approximate surface area is 140 Å². The van der Waals surface area contributed by atoms with Gasteiger partial charge in [-0.3, -0.25) is 9.79 Å². The van der Waals surface area contributed by atoms with Crippen LogP contribution in [0.2, 0.25) is 0 Å². The first-order valence-corrected chi connectivity index (χ1v) is 7.83. The lowest BCUT2D eigenvalue weighted by molar-refractivity contribution is -0.139. The van der Waals surface area contributed by atoms with Crippen LogP contribution >= 0.6 is 0 Å². The molecule has 24 heavy (non-hydrogen) atoms. The van der Waals surface area contributed by atoms with Gasteiger partial charge in [0.15, 0.2) is 5.78 Å². The molecule has 120 valence electrons. The predicted octanol–water partition coefficient (Wildman–Crippen LogP) is 3.42. The van der Waals surface area contributed by atoms with Gasteiger partial charge in [0, 0.05) is 5.56 Å². The summed E-state index contributed by atoms with van der Waals surface area (Å²) in [4.78, 5) is 29.5. The molecule has 0 spiro atoms. The van der Waals surface area contributed by atoms with E-state index in [1.807, 2.05) is 60.7 Å². The lowest BCUT2D eigenvalue weighted by Gasteiger charge is -2.18. The smallest absolute Gasteiger partial charge is 0.344 e. The summed E-state index contributed by atoms with van der Waals surface area (Å²) in [5.74, 6) is -0.877. The Hall–Kier alpha value is -3.01. The van der Waals surface area contributed by atoms with Crippen molar-refractivity contribution in [2.45, 2.75) is 13.3 Å². The van der Waals surface area contributed by atoms with Gasteiger partial charge in [-0.15, -0.1) is 0 Å². The number of aliphatic imine (C=N–C) groups is 1. The summed E-state index contributed by atoms with van der Waals surface area (Å²) >= 11 is 0. The first kappa shape index (κ1) is 15.9. The van der Waals surface area contributed by atoms with Gasteiger partial charge in [-0.25, -0.2) is 4.79 Å². The molecule has 4 heteroatoms. The van der Waals surface area contributed by atoms with Crippen LogP contribution in [-0.2, 0) is 14.3 Å². The lowest BCUT2D eigenvalue weighted by atomic mass is 9.93. The van der Waals surface area contributed by atoms with Crippen LogP contribution in [0.15, 0.2) is 71.2 Å². The molecule has 0 atom stereocenters. The number of carbonyl (C=O) groups excluding carboxylic acids is 2. The van der Waals surface area contributed by atoms with E-state index in [0.29, 0.717) is 11.4 Å². The Balaban J connectivity index is 2.16. The summed E-state index contributed by atoms with van der Waals surface area (Å²) < 4.78 is 5.06. The first-order valence-electron chi connectivity index (χ1n) is 7.83. The zero-order valence-electron chi connectivity index (χ0n) is 13.4. The molecular weight excluding hydrogens is 302 g/mol. The second-order valence-electron chi connectivity index (χ2n) is 5.33. The molecule has 0 aromatic heterocycles. The van der Waals surface area contributed by atoms with Crippen molar-refractivity contribution in [3.05, 3.63) is 77.4 Å². The van der Waals surface area contributed by atoms with E-state index in [9.17, 15) is 9.59 Å². The van der Waals surface area contributed by atoms with E-state index in [1.54, 1.807) is 6.92 Å². The Kier molecular flexibility index (Phi) is 4.66. The zero-order valence-corrected chi connectivity index (χ0v) is 13.4. The Morgan fingerprint density at radius 1 is 1.00 bits per heavy atom. The fourth-order valence-electron chi connectivity index (χ4n) is 2.62. The van der Waals surface area contributed by atoms with Gasteiger partial charge in [0.05, 0.1) is 24.4 Å². The molecule has 4 nitrogen and oxygen atoms in total. The van der Waals surface area contributed by atoms with Crippen LogP contribution < -0.4 is 0 Å². The van der Waals surface area contributed by atoms with E-state index in [1.165, 1.54) is 0 Å². The SMILES string of the molecule is CCOC(=O)C1=C(c2ccccc2)N=C(c2ccccc2)CC1=O. The predicted molar refractivity (Wildman–Crippen MR) is 92.6 cm³/mol. The van der Waals surface area contributed by atoms with Crippen LogP contribution in [-0.4, -0.2) is 24.1 Å². The molecule has 0 saturated carbocycles. The van der Waals surface area contributed by atoms with Crippen molar-refractivity contribution in [2.24, 2.45) is 4.99 Å². The van der Waals surface area contributed by atoms with E-state index in [-0.39, 0.29) is 24.4 Å². The van der Waals surface area contributed by atoms with E-state index >= 15 is 0 Å². The summed E-state index contributed by atoms with van der Waals surface area (Å²) in [6.07, 6.45) is 0.0918. The van der Waals surface area contributed by atoms with Gasteiger partial charge in [0.1, 0.15) is 5.57 Å². The summed E-state index contributed by atoms with van der Waals surface area (Å²) in [7, 11) is 0. The highest BCUT2D eigenvalue weighted by atomic mass is 16.5. The Morgan fingerprint density at radius 3 is 2.17 bits per heavy atom. The van der Waals surface area contributed by atoms with Gasteiger partial charge in [0.2, 0.25) is 0 Å². The normalized spacial score (nSPS) is 14.4. The van der Waals surface area contributed by atoms with Crippen LogP contribution in [0, 0.1) is 0 Å². The molecule has 0 fully saturated rings. The summed E-state index contributed by atoms with van der Waals surface area (Å²) in [6, 6.07) is 18.8. The molecule has 2 aromatic rings. The number of rotatable bonds is 4. The zero-order chi connectivity index (χ0) is 16.9. The van der Waals surface area contributed by atoms with Gasteiger partial charge in [-0.2, -0.15) is 0 Å². The molecule has 0 bridgehead atoms. The Bertz CT molecular complexity index is 820. The molecular formula is C20H17NO3. The lowest BCUT2D eigenvalue weighted by Crippen LogP contribution is -2.24. The number of benzene rings is 2. The third-order valence-electron chi connectivity index (χ3n) is 3.72. The minimum atomic E-state index is -0.614. The molecule has 1 heterocycles. The fraction of sp³-hybridized carbons (Fsp3) is 0.150. The molecule has 0 N–H and O–H groups in total. The molecule has 1 aliphatic rings. The van der Waals surface area contributed by atoms with Crippen molar-refractivity contribution in [1.82, 2.24) is 0 Å². The number of ketones is 1. The van der Waals surface area contributed by atoms with Crippen molar-refractivity contribution < 1.29 is 14.3 Å². The quantitative estimate of drug-likeness (QED) is 0.641. The minimum Gasteiger partial charge on any atom is -0.462 e. The molecule has 1 aliphatic heterocycles. The molecule has 0 amide bonds. The maximum absolute atomic E-state index is 12.6. The molecule has 0 radical (unpaired) electrons. The van der Waals surface area contributed by atoms with E-state index in [2.05, 4.69) is 4.99 Å². The highest BCUT2D eigenvalue weighted by molar-refractivity contribution is 6.31. The molecule has 3 rings (SSSR count). The molecule has 0 unspecified atom stereocenters. The van der Waals surface area contributed by atoms with Gasteiger partial charge >= 0.3 is 5.97 Å². The number of esters is 1. The van der Waals surface area contributed by atoms with Crippen molar-refractivity contribution in [2.75, 3.05) is 6.61 Å². The molecule has 0 aliphatic carbocycles. The van der Waals surface area contributed by atoms with Crippen LogP contribution in [0.25, 0.3) is 5.70 Å². The number of carbonyl (C=O) groups is 2. The third kappa shape index (κ3) is 3.18. The summed E-state index contributed by atoms with van der Waals surface area (Å²) in [5, 5.41) is 0. The van der Waals surface area contributed by atoms with Crippen LogP contribution in [0.5, 0.6) is 0 Å². The van der Waals surface area contributed by atoms with E-state index < -0.39 is 5.97 Å². The Morgan fingerprint density at radius 2 is 1.58 bits per heavy atom. The van der Waals surface area contributed by atoms with Crippen LogP contribution in [0.4, 0.5) is 0 Å². The molecule has 0 saturated heterocycles. The van der Waals surface area contributed by atoms with Gasteiger partial charge in [-0.1, -0.05) is 60.7 Å². The average molecular weight is 319 g/mol. The summed E-state index contributed by atoms with van der Waals surface area (Å²) in [6.45, 7) is 1.93. The monoisotopic (exact) mass is 319 g/mol. The number of Topliss-reactive ketones (excluding diaryl/α,β-unsaturated/α-hetero) is 1. The maximum Gasteiger partial charge on any atom is 0.344 e. The second kappa shape index (κ2) is 7.04. The van der Waals surface area contributed by atoms with Gasteiger partial charge < -0.3 is 4.74 Å². The van der Waals surface area contributed by atoms with Crippen molar-refractivity contribution in [3.8, 4) is 0 Å². The number of nitrogens with zero attached hydrogens (tertiary/aromatic N) is 1. The van der Waals surface area contributed by atoms with Gasteiger partial charge in [-0.05, 0) is 12.5 Å². The summed E-state index contributed by atoms with van der Waals surface area (Å²) in [5.41, 5.74) is 2.67. The maximum atomic E-state index is 12.6. The number of hydrogen-bond acceptors (Lipinski definition) is 4. The largest absolute Gasteiger partial charge is 0.462 e. The number of ether oxygens (including phenoxy) is 1. The van der Waals surface area contributed by atoms with E-state index in [0.717, 1.165) is 11.1 Å².